The van der Waals surface area contributed by atoms with Gasteiger partial charge in [-0.1, -0.05) is 16.8 Å². The van der Waals surface area contributed by atoms with Gasteiger partial charge in [0.05, 0.1) is 16.8 Å². The number of oxime groups is 1. The smallest absolute Gasteiger partial charge is 0.170 e. The monoisotopic (exact) mass is 297 g/mol. The molecule has 3 N–H and O–H groups in total. The molecule has 0 radical (unpaired) electrons. The van der Waals surface area contributed by atoms with Crippen molar-refractivity contribution in [3.8, 4) is 0 Å². The van der Waals surface area contributed by atoms with Crippen LogP contribution < -0.4 is 10.6 Å². The topological polar surface area (TPSA) is 71.1 Å². The number of anilines is 1. The number of nitrogens with two attached hydrogens (primary N) is 1. The Kier molecular flexibility index (Phi) is 5.09. The van der Waals surface area contributed by atoms with Crippen LogP contribution in [0.3, 0.4) is 0 Å². The molecular weight excluding hydrogens is 278 g/mol. The second-order valence-electron chi connectivity index (χ2n) is 4.83. The van der Waals surface area contributed by atoms with E-state index < -0.39 is 0 Å². The molecule has 2 rings (SSSR count). The third-order valence-electron chi connectivity index (χ3n) is 3.52. The molecule has 20 heavy (non-hydrogen) atoms. The van der Waals surface area contributed by atoms with Crippen LogP contribution in [0, 0.1) is 0 Å². The zero-order valence-electron chi connectivity index (χ0n) is 11.6. The molecule has 1 atom stereocenters. The maximum Gasteiger partial charge on any atom is 0.170 e. The number of benzene rings is 1. The summed E-state index contributed by atoms with van der Waals surface area (Å²) in [6, 6.07) is 5.41. The summed E-state index contributed by atoms with van der Waals surface area (Å²) in [5, 5.41) is 12.3. The lowest BCUT2D eigenvalue weighted by atomic mass is 10.1. The van der Waals surface area contributed by atoms with Crippen LogP contribution in [-0.2, 0) is 4.74 Å². The normalized spacial score (nSPS) is 19.3. The predicted octanol–water partition coefficient (Wildman–Crippen LogP) is 2.44. The van der Waals surface area contributed by atoms with Crippen molar-refractivity contribution >= 4 is 23.1 Å². The first-order chi connectivity index (χ1) is 9.65. The molecule has 0 aromatic heterocycles. The maximum atomic E-state index is 8.69. The summed E-state index contributed by atoms with van der Waals surface area (Å²) in [5.41, 5.74) is 7.11. The first kappa shape index (κ1) is 14.9. The van der Waals surface area contributed by atoms with Crippen molar-refractivity contribution in [2.45, 2.75) is 25.9 Å². The van der Waals surface area contributed by atoms with Crippen molar-refractivity contribution < 1.29 is 9.94 Å². The van der Waals surface area contributed by atoms with E-state index in [-0.39, 0.29) is 11.9 Å². The van der Waals surface area contributed by atoms with Crippen LogP contribution in [0.1, 0.15) is 25.3 Å². The van der Waals surface area contributed by atoms with Crippen LogP contribution in [0.2, 0.25) is 5.02 Å². The van der Waals surface area contributed by atoms with Gasteiger partial charge in [0.15, 0.2) is 5.84 Å². The first-order valence-corrected chi connectivity index (χ1v) is 7.17. The van der Waals surface area contributed by atoms with Crippen LogP contribution in [0.15, 0.2) is 23.4 Å². The summed E-state index contributed by atoms with van der Waals surface area (Å²) in [5.74, 6) is 0.0561. The van der Waals surface area contributed by atoms with E-state index in [4.69, 9.17) is 27.3 Å². The number of halogens is 1. The summed E-state index contributed by atoms with van der Waals surface area (Å²) in [4.78, 5) is 2.19. The minimum Gasteiger partial charge on any atom is -0.409 e. The lowest BCUT2D eigenvalue weighted by Crippen LogP contribution is -2.32. The Hall–Kier alpha value is -1.46. The third kappa shape index (κ3) is 3.35. The van der Waals surface area contributed by atoms with E-state index in [9.17, 15) is 0 Å². The molecule has 1 aromatic rings. The summed E-state index contributed by atoms with van der Waals surface area (Å²) >= 11 is 6.31. The molecule has 1 unspecified atom stereocenters. The molecule has 0 saturated carbocycles. The van der Waals surface area contributed by atoms with Gasteiger partial charge in [-0.2, -0.15) is 0 Å². The van der Waals surface area contributed by atoms with E-state index in [1.165, 1.54) is 0 Å². The second kappa shape index (κ2) is 6.81. The molecule has 1 aliphatic heterocycles. The minimum atomic E-state index is 0.0561. The minimum absolute atomic E-state index is 0.0561. The molecule has 110 valence electrons. The lowest BCUT2D eigenvalue weighted by Gasteiger charge is -2.27. The summed E-state index contributed by atoms with van der Waals surface area (Å²) in [6.07, 6.45) is 2.49. The Bertz CT molecular complexity index is 487. The number of amidine groups is 1. The van der Waals surface area contributed by atoms with Crippen molar-refractivity contribution in [1.82, 2.24) is 0 Å². The molecule has 1 heterocycles. The fourth-order valence-electron chi connectivity index (χ4n) is 2.41. The Morgan fingerprint density at radius 3 is 2.95 bits per heavy atom. The summed E-state index contributed by atoms with van der Waals surface area (Å²) in [7, 11) is 0. The molecule has 5 nitrogen and oxygen atoms in total. The largest absolute Gasteiger partial charge is 0.409 e. The fraction of sp³-hybridized carbons (Fsp3) is 0.500. The van der Waals surface area contributed by atoms with Gasteiger partial charge in [0.25, 0.3) is 0 Å². The number of ether oxygens (including phenoxy) is 1. The van der Waals surface area contributed by atoms with E-state index in [0.717, 1.165) is 38.2 Å². The van der Waals surface area contributed by atoms with Crippen molar-refractivity contribution in [3.05, 3.63) is 28.8 Å². The average molecular weight is 298 g/mol. The molecule has 0 amide bonds. The SMILES string of the molecule is CCN(CC1CCCO1)c1ccc(C(N)=NO)cc1Cl. The Morgan fingerprint density at radius 2 is 2.40 bits per heavy atom. The highest BCUT2D eigenvalue weighted by atomic mass is 35.5. The Labute approximate surface area is 124 Å². The van der Waals surface area contributed by atoms with Gasteiger partial charge in [0.2, 0.25) is 0 Å². The van der Waals surface area contributed by atoms with Crippen molar-refractivity contribution in [3.63, 3.8) is 0 Å². The first-order valence-electron chi connectivity index (χ1n) is 6.79. The predicted molar refractivity (Wildman–Crippen MR) is 80.8 cm³/mol. The van der Waals surface area contributed by atoms with Crippen molar-refractivity contribution in [2.24, 2.45) is 10.9 Å². The maximum absolute atomic E-state index is 8.69. The lowest BCUT2D eigenvalue weighted by molar-refractivity contribution is 0.115. The van der Waals surface area contributed by atoms with Crippen LogP contribution in [0.4, 0.5) is 5.69 Å². The Balaban J connectivity index is 2.16. The third-order valence-corrected chi connectivity index (χ3v) is 3.82. The van der Waals surface area contributed by atoms with E-state index in [2.05, 4.69) is 17.0 Å². The summed E-state index contributed by atoms with van der Waals surface area (Å²) < 4.78 is 5.67. The quantitative estimate of drug-likeness (QED) is 0.379. The van der Waals surface area contributed by atoms with Crippen molar-refractivity contribution in [2.75, 3.05) is 24.6 Å². The molecule has 1 aliphatic rings. The zero-order chi connectivity index (χ0) is 14.5. The van der Waals surface area contributed by atoms with Crippen LogP contribution in [0.5, 0.6) is 0 Å². The molecule has 6 heteroatoms. The molecule has 1 fully saturated rings. The van der Waals surface area contributed by atoms with Crippen LogP contribution in [-0.4, -0.2) is 36.8 Å². The summed E-state index contributed by atoms with van der Waals surface area (Å²) in [6.45, 7) is 4.61. The Morgan fingerprint density at radius 1 is 1.60 bits per heavy atom. The van der Waals surface area contributed by atoms with E-state index in [1.807, 2.05) is 6.07 Å². The van der Waals surface area contributed by atoms with Crippen LogP contribution in [0.25, 0.3) is 0 Å². The van der Waals surface area contributed by atoms with E-state index in [0.29, 0.717) is 10.6 Å². The number of hydrogen-bond acceptors (Lipinski definition) is 4. The highest BCUT2D eigenvalue weighted by Crippen LogP contribution is 2.28. The number of hydrogen-bond donors (Lipinski definition) is 2. The number of nitrogens with zero attached hydrogens (tertiary/aromatic N) is 2. The number of rotatable bonds is 5. The van der Waals surface area contributed by atoms with Gasteiger partial charge in [-0.25, -0.2) is 0 Å². The van der Waals surface area contributed by atoms with Gasteiger partial charge < -0.3 is 20.6 Å². The van der Waals surface area contributed by atoms with Gasteiger partial charge >= 0.3 is 0 Å². The van der Waals surface area contributed by atoms with Crippen molar-refractivity contribution in [1.29, 1.82) is 0 Å². The molecule has 0 spiro atoms. The van der Waals surface area contributed by atoms with E-state index in [1.54, 1.807) is 12.1 Å². The molecule has 0 aliphatic carbocycles. The van der Waals surface area contributed by atoms with Gasteiger partial charge in [-0.05, 0) is 38.0 Å². The molecule has 1 saturated heterocycles. The van der Waals surface area contributed by atoms with Gasteiger partial charge in [-0.3, -0.25) is 0 Å². The molecule has 1 aromatic carbocycles. The van der Waals surface area contributed by atoms with E-state index >= 15 is 0 Å². The average Bonchev–Trinajstić information content (AvgIpc) is 2.97. The highest BCUT2D eigenvalue weighted by Gasteiger charge is 2.20. The standard InChI is InChI=1S/C14H20ClN3O2/c1-2-18(9-11-4-3-7-20-11)13-6-5-10(8-12(13)15)14(16)17-19/h5-6,8,11,19H,2-4,7,9H2,1H3,(H2,16,17). The van der Waals surface area contributed by atoms with Gasteiger partial charge in [0, 0.05) is 25.3 Å². The van der Waals surface area contributed by atoms with Crippen LogP contribution >= 0.6 is 11.6 Å². The molecular formula is C14H20ClN3O2. The van der Waals surface area contributed by atoms with Gasteiger partial charge in [-0.15, -0.1) is 0 Å². The number of likely N-dealkylation sites (N-methyl/N-ethyl adjacent to an activating group) is 1. The highest BCUT2D eigenvalue weighted by molar-refractivity contribution is 6.33. The second-order valence-corrected chi connectivity index (χ2v) is 5.23. The molecule has 0 bridgehead atoms. The zero-order valence-corrected chi connectivity index (χ0v) is 12.3. The van der Waals surface area contributed by atoms with Gasteiger partial charge in [0.1, 0.15) is 0 Å². The fourth-order valence-corrected chi connectivity index (χ4v) is 2.71.